The molecule has 9 rings (SSSR count). The predicted octanol–water partition coefficient (Wildman–Crippen LogP) is 3.18. The van der Waals surface area contributed by atoms with Gasteiger partial charge in [-0.2, -0.15) is 0 Å². The summed E-state index contributed by atoms with van der Waals surface area (Å²) in [5, 5.41) is 57.1. The third kappa shape index (κ3) is 6.75. The number of nitrogens with zero attached hydrogens (tertiary/aromatic N) is 1. The van der Waals surface area contributed by atoms with Gasteiger partial charge in [0.2, 0.25) is 0 Å². The van der Waals surface area contributed by atoms with Gasteiger partial charge in [-0.3, -0.25) is 9.69 Å². The summed E-state index contributed by atoms with van der Waals surface area (Å²) in [7, 11) is 0. The second kappa shape index (κ2) is 15.5. The maximum Gasteiger partial charge on any atom is 0.332 e. The Morgan fingerprint density at radius 3 is 2.53 bits per heavy atom. The number of hydrogen-bond acceptors (Lipinski definition) is 14. The van der Waals surface area contributed by atoms with Crippen molar-refractivity contribution in [3.63, 3.8) is 0 Å². The highest BCUT2D eigenvalue weighted by molar-refractivity contribution is 6.39. The summed E-state index contributed by atoms with van der Waals surface area (Å²) in [5.74, 6) is -0.202. The summed E-state index contributed by atoms with van der Waals surface area (Å²) < 4.78 is 29.7. The van der Waals surface area contributed by atoms with Gasteiger partial charge in [0.15, 0.2) is 17.8 Å². The summed E-state index contributed by atoms with van der Waals surface area (Å²) in [5.41, 5.74) is 1.33. The van der Waals surface area contributed by atoms with Crippen molar-refractivity contribution < 1.29 is 58.8 Å². The lowest BCUT2D eigenvalue weighted by molar-refractivity contribution is -0.218. The number of likely N-dealkylation sites (tertiary alicyclic amines) is 1. The van der Waals surface area contributed by atoms with Gasteiger partial charge < -0.3 is 54.5 Å². The molecule has 58 heavy (non-hydrogen) atoms. The number of piperidine rings is 1. The quantitative estimate of drug-likeness (QED) is 0.109. The van der Waals surface area contributed by atoms with Gasteiger partial charge in [-0.15, -0.1) is 0 Å². The van der Waals surface area contributed by atoms with Crippen LogP contribution in [0.5, 0.6) is 11.5 Å². The Morgan fingerprint density at radius 1 is 1.00 bits per heavy atom. The first-order valence-corrected chi connectivity index (χ1v) is 20.6. The summed E-state index contributed by atoms with van der Waals surface area (Å²) in [6, 6.07) is 15.9. The first kappa shape index (κ1) is 39.9. The van der Waals surface area contributed by atoms with Gasteiger partial charge in [0, 0.05) is 23.8 Å². The molecule has 7 unspecified atom stereocenters. The van der Waals surface area contributed by atoms with E-state index < -0.39 is 79.1 Å². The molecule has 16 heteroatoms. The van der Waals surface area contributed by atoms with Crippen molar-refractivity contribution >= 4 is 46.5 Å². The Bertz CT molecular complexity index is 2070. The van der Waals surface area contributed by atoms with Gasteiger partial charge >= 0.3 is 11.9 Å². The summed E-state index contributed by atoms with van der Waals surface area (Å²) in [6.07, 6.45) is -5.07. The van der Waals surface area contributed by atoms with Crippen LogP contribution in [0.2, 0.25) is 10.0 Å². The molecular weight excluding hydrogens is 795 g/mol. The van der Waals surface area contributed by atoms with Gasteiger partial charge in [-0.05, 0) is 86.4 Å². The van der Waals surface area contributed by atoms with Crippen LogP contribution >= 0.6 is 23.2 Å². The average molecular weight is 842 g/mol. The number of aliphatic hydroxyl groups excluding tert-OH is 4. The Kier molecular flexibility index (Phi) is 10.7. The van der Waals surface area contributed by atoms with E-state index in [1.54, 1.807) is 30.3 Å². The van der Waals surface area contributed by atoms with Gasteiger partial charge in [-0.25, -0.2) is 4.79 Å². The van der Waals surface area contributed by atoms with Crippen molar-refractivity contribution in [1.29, 1.82) is 0 Å². The van der Waals surface area contributed by atoms with Crippen LogP contribution in [-0.2, 0) is 42.1 Å². The molecule has 2 saturated heterocycles. The molecule has 0 amide bonds. The number of rotatable bonds is 13. The fourth-order valence-electron chi connectivity index (χ4n) is 10.1. The lowest BCUT2D eigenvalue weighted by Gasteiger charge is -2.63. The van der Waals surface area contributed by atoms with Crippen molar-refractivity contribution in [3.8, 4) is 11.5 Å². The third-order valence-electron chi connectivity index (χ3n) is 13.0. The molecule has 3 aliphatic heterocycles. The van der Waals surface area contributed by atoms with Crippen molar-refractivity contribution in [2.24, 2.45) is 5.92 Å². The van der Waals surface area contributed by atoms with E-state index in [0.717, 1.165) is 17.7 Å². The predicted molar refractivity (Wildman–Crippen MR) is 208 cm³/mol. The second-order valence-electron chi connectivity index (χ2n) is 16.4. The normalized spacial score (nSPS) is 32.6. The Balaban J connectivity index is 0.981. The minimum Gasteiger partial charge on any atom is -0.481 e. The Morgan fingerprint density at radius 2 is 1.78 bits per heavy atom. The molecule has 10 atom stereocenters. The fraction of sp³-hybridized carbons (Fsp3) is 0.524. The van der Waals surface area contributed by atoms with E-state index in [1.807, 2.05) is 24.3 Å². The molecule has 2 bridgehead atoms. The van der Waals surface area contributed by atoms with Crippen LogP contribution in [0.4, 0.5) is 11.4 Å². The van der Waals surface area contributed by atoms with E-state index in [9.17, 15) is 35.1 Å². The molecule has 0 aromatic heterocycles. The highest BCUT2D eigenvalue weighted by atomic mass is 35.5. The maximum atomic E-state index is 13.8. The number of carbonyl (C=O) groups is 2. The molecule has 0 radical (unpaired) electrons. The highest BCUT2D eigenvalue weighted by Crippen LogP contribution is 2.66. The van der Waals surface area contributed by atoms with Gasteiger partial charge in [0.1, 0.15) is 43.2 Å². The molecule has 310 valence electrons. The van der Waals surface area contributed by atoms with Crippen LogP contribution in [0.3, 0.4) is 0 Å². The largest absolute Gasteiger partial charge is 0.481 e. The lowest BCUT2D eigenvalue weighted by Crippen LogP contribution is -2.77. The SMILES string of the molecule is O=C(Cc1ccccc1Nc1c(Cl)cccc1Cl)Oc1ccc2c3c1OC1C(OC(=O)COC4C(O)C(O)OC4C(O)CO)CC[C@@]4(O)[C@@H](C2)N(CC2CC2)CC[C@]314. The average Bonchev–Trinajstić information content (AvgIpc) is 3.88. The molecule has 6 aliphatic rings. The molecular formula is C42H46Cl2N2O12. The molecule has 3 aliphatic carbocycles. The summed E-state index contributed by atoms with van der Waals surface area (Å²) in [4.78, 5) is 29.7. The van der Waals surface area contributed by atoms with Crippen LogP contribution in [0.1, 0.15) is 48.8 Å². The summed E-state index contributed by atoms with van der Waals surface area (Å²) >= 11 is 12.8. The van der Waals surface area contributed by atoms with Crippen LogP contribution in [0.15, 0.2) is 54.6 Å². The second-order valence-corrected chi connectivity index (χ2v) is 17.2. The van der Waals surface area contributed by atoms with Crippen molar-refractivity contribution in [2.45, 2.75) is 105 Å². The molecule has 3 aromatic carbocycles. The molecule has 6 N–H and O–H groups in total. The number of halogens is 2. The lowest BCUT2D eigenvalue weighted by atomic mass is 9.48. The molecule has 1 spiro atoms. The third-order valence-corrected chi connectivity index (χ3v) is 13.6. The van der Waals surface area contributed by atoms with E-state index >= 15 is 0 Å². The smallest absolute Gasteiger partial charge is 0.332 e. The van der Waals surface area contributed by atoms with Crippen LogP contribution in [0, 0.1) is 5.92 Å². The topological polar surface area (TPSA) is 197 Å². The van der Waals surface area contributed by atoms with Gasteiger partial charge in [-0.1, -0.05) is 53.5 Å². The van der Waals surface area contributed by atoms with Gasteiger partial charge in [0.25, 0.3) is 0 Å². The first-order chi connectivity index (χ1) is 27.9. The summed E-state index contributed by atoms with van der Waals surface area (Å²) in [6.45, 7) is 0.220. The standard InChI is InChI=1S/C42H46Cl2N2O12/c43-24-5-3-6-25(44)34(24)45-26-7-2-1-4-22(26)17-31(49)55-28-11-10-23-16-30-42(53)13-12-29(56-32(50)20-54-38-35(51)40(52)58-36(38)27(48)19-47)39-41(42,33(23)37(28)57-39)14-15-46(30)18-21-8-9-21/h1-7,10-11,21,27,29-30,35-36,38-40,45,47-48,51-53H,8-9,12-20H2/t27?,29?,30-,35?,36?,38?,39?,40?,41+,42-/m1/s1. The molecule has 2 saturated carbocycles. The number of esters is 2. The number of nitrogens with one attached hydrogen (secondary N) is 1. The molecule has 3 aromatic rings. The van der Waals surface area contributed by atoms with Crippen molar-refractivity contribution in [1.82, 2.24) is 4.90 Å². The number of hydrogen-bond donors (Lipinski definition) is 6. The van der Waals surface area contributed by atoms with Crippen LogP contribution in [-0.4, -0.2) is 123 Å². The monoisotopic (exact) mass is 840 g/mol. The molecule has 3 heterocycles. The van der Waals surface area contributed by atoms with E-state index in [1.165, 1.54) is 12.8 Å². The van der Waals surface area contributed by atoms with Crippen LogP contribution < -0.4 is 14.8 Å². The van der Waals surface area contributed by atoms with E-state index in [4.69, 9.17) is 46.9 Å². The number of benzene rings is 3. The highest BCUT2D eigenvalue weighted by Gasteiger charge is 2.73. The minimum absolute atomic E-state index is 0.104. The van der Waals surface area contributed by atoms with E-state index in [-0.39, 0.29) is 24.6 Å². The Labute approximate surface area is 344 Å². The zero-order chi connectivity index (χ0) is 40.5. The first-order valence-electron chi connectivity index (χ1n) is 19.8. The van der Waals surface area contributed by atoms with Gasteiger partial charge in [0.05, 0.1) is 39.8 Å². The minimum atomic E-state index is -1.69. The zero-order valence-electron chi connectivity index (χ0n) is 31.5. The molecule has 4 fully saturated rings. The fourth-order valence-corrected chi connectivity index (χ4v) is 10.6. The number of ether oxygens (including phenoxy) is 5. The number of anilines is 2. The van der Waals surface area contributed by atoms with Crippen LogP contribution in [0.25, 0.3) is 0 Å². The van der Waals surface area contributed by atoms with Crippen molar-refractivity contribution in [2.75, 3.05) is 31.6 Å². The maximum absolute atomic E-state index is 13.8. The van der Waals surface area contributed by atoms with Crippen molar-refractivity contribution in [3.05, 3.63) is 81.3 Å². The Hall–Kier alpha value is -3.54. The zero-order valence-corrected chi connectivity index (χ0v) is 33.0. The number of aliphatic hydroxyl groups is 5. The number of para-hydroxylation sites is 2. The van der Waals surface area contributed by atoms with E-state index in [2.05, 4.69) is 10.2 Å². The van der Waals surface area contributed by atoms with E-state index in [0.29, 0.717) is 64.5 Å². The number of carbonyl (C=O) groups excluding carboxylic acids is 2. The molecule has 14 nitrogen and oxygen atoms in total.